The van der Waals surface area contributed by atoms with Gasteiger partial charge in [0.15, 0.2) is 0 Å². The smallest absolute Gasteiger partial charge is 0.255 e. The van der Waals surface area contributed by atoms with Gasteiger partial charge < -0.3 is 10.1 Å². The molecule has 16 heavy (non-hydrogen) atoms. The maximum atomic E-state index is 11.7. The summed E-state index contributed by atoms with van der Waals surface area (Å²) < 4.78 is 0. The number of H-pyrrole nitrogens is 1. The van der Waals surface area contributed by atoms with Gasteiger partial charge in [-0.25, -0.2) is 0 Å². The fourth-order valence-electron chi connectivity index (χ4n) is 1.69. The summed E-state index contributed by atoms with van der Waals surface area (Å²) >= 11 is 0. The van der Waals surface area contributed by atoms with Crippen LogP contribution in [0.5, 0.6) is 5.75 Å². The molecule has 0 aliphatic heterocycles. The summed E-state index contributed by atoms with van der Waals surface area (Å²) in [7, 11) is 0. The van der Waals surface area contributed by atoms with E-state index in [2.05, 4.69) is 4.98 Å². The van der Waals surface area contributed by atoms with Crippen LogP contribution in [0.15, 0.2) is 41.2 Å². The van der Waals surface area contributed by atoms with Crippen LogP contribution >= 0.6 is 0 Å². The van der Waals surface area contributed by atoms with Crippen molar-refractivity contribution < 1.29 is 5.11 Å². The molecule has 1 aromatic carbocycles. The minimum absolute atomic E-state index is 0.0810. The summed E-state index contributed by atoms with van der Waals surface area (Å²) in [6, 6.07) is 7.22. The number of aromatic nitrogens is 1. The first kappa shape index (κ1) is 10.5. The Labute approximate surface area is 93.1 Å². The van der Waals surface area contributed by atoms with Crippen LogP contribution in [0.2, 0.25) is 0 Å². The molecule has 0 unspecified atom stereocenters. The summed E-state index contributed by atoms with van der Waals surface area (Å²) in [5, 5.41) is 10.7. The van der Waals surface area contributed by atoms with Gasteiger partial charge >= 0.3 is 0 Å². The van der Waals surface area contributed by atoms with E-state index in [1.54, 1.807) is 12.1 Å². The Kier molecular flexibility index (Phi) is 2.77. The average molecular weight is 215 g/mol. The van der Waals surface area contributed by atoms with Crippen LogP contribution < -0.4 is 5.56 Å². The van der Waals surface area contributed by atoms with Crippen molar-refractivity contribution in [2.45, 2.75) is 13.3 Å². The van der Waals surface area contributed by atoms with Crippen LogP contribution in [0.4, 0.5) is 0 Å². The number of hydrogen-bond donors (Lipinski definition) is 2. The Morgan fingerprint density at radius 3 is 2.88 bits per heavy atom. The monoisotopic (exact) mass is 215 g/mol. The molecule has 3 heteroatoms. The lowest BCUT2D eigenvalue weighted by atomic mass is 10.1. The Balaban J connectivity index is 2.70. The molecular weight excluding hydrogens is 202 g/mol. The minimum Gasteiger partial charge on any atom is -0.507 e. The van der Waals surface area contributed by atoms with Gasteiger partial charge in [-0.2, -0.15) is 0 Å². The topological polar surface area (TPSA) is 53.1 Å². The van der Waals surface area contributed by atoms with Gasteiger partial charge in [0.05, 0.1) is 11.1 Å². The fourth-order valence-corrected chi connectivity index (χ4v) is 1.69. The highest BCUT2D eigenvalue weighted by atomic mass is 16.3. The zero-order valence-electron chi connectivity index (χ0n) is 9.03. The first-order valence-electron chi connectivity index (χ1n) is 5.18. The van der Waals surface area contributed by atoms with Crippen LogP contribution in [-0.4, -0.2) is 10.1 Å². The average Bonchev–Trinajstić information content (AvgIpc) is 2.29. The third-order valence-corrected chi connectivity index (χ3v) is 2.55. The lowest BCUT2D eigenvalue weighted by molar-refractivity contribution is 0.474. The Morgan fingerprint density at radius 2 is 2.12 bits per heavy atom. The van der Waals surface area contributed by atoms with Gasteiger partial charge in [0, 0.05) is 5.39 Å². The van der Waals surface area contributed by atoms with Gasteiger partial charge in [0.2, 0.25) is 0 Å². The summed E-state index contributed by atoms with van der Waals surface area (Å²) in [6.07, 6.45) is 4.15. The second kappa shape index (κ2) is 4.23. The van der Waals surface area contributed by atoms with Gasteiger partial charge in [-0.1, -0.05) is 24.3 Å². The molecule has 0 aliphatic carbocycles. The molecule has 0 radical (unpaired) electrons. The largest absolute Gasteiger partial charge is 0.507 e. The second-order valence-electron chi connectivity index (χ2n) is 3.60. The van der Waals surface area contributed by atoms with E-state index < -0.39 is 0 Å². The lowest BCUT2D eigenvalue weighted by Crippen LogP contribution is -2.12. The van der Waals surface area contributed by atoms with Crippen LogP contribution in [0.1, 0.15) is 12.5 Å². The summed E-state index contributed by atoms with van der Waals surface area (Å²) in [5.74, 6) is 0.0810. The molecule has 2 aromatic rings. The van der Waals surface area contributed by atoms with E-state index in [-0.39, 0.29) is 11.3 Å². The molecule has 0 bridgehead atoms. The standard InChI is InChI=1S/C13H13NO2/c1-2-3-6-10-12(15)9-7-4-5-8-11(9)14-13(10)16/h2-5,7-8H,6H2,1H3,(H2,14,15,16)/b3-2+. The van der Waals surface area contributed by atoms with E-state index in [0.717, 1.165) is 0 Å². The van der Waals surface area contributed by atoms with Crippen LogP contribution in [0.3, 0.4) is 0 Å². The maximum absolute atomic E-state index is 11.7. The van der Waals surface area contributed by atoms with Gasteiger partial charge in [-0.15, -0.1) is 0 Å². The van der Waals surface area contributed by atoms with Crippen LogP contribution in [-0.2, 0) is 6.42 Å². The van der Waals surface area contributed by atoms with Crippen molar-refractivity contribution in [3.63, 3.8) is 0 Å². The number of benzene rings is 1. The van der Waals surface area contributed by atoms with E-state index in [1.807, 2.05) is 31.2 Å². The SMILES string of the molecule is C/C=C/Cc1c(O)c2ccccc2[nH]c1=O. The number of para-hydroxylation sites is 1. The van der Waals surface area contributed by atoms with Crippen molar-refractivity contribution in [1.29, 1.82) is 0 Å². The van der Waals surface area contributed by atoms with E-state index >= 15 is 0 Å². The van der Waals surface area contributed by atoms with Crippen molar-refractivity contribution in [1.82, 2.24) is 4.98 Å². The maximum Gasteiger partial charge on any atom is 0.255 e. The molecule has 1 aromatic heterocycles. The number of aromatic amines is 1. The molecular formula is C13H13NO2. The van der Waals surface area contributed by atoms with Crippen molar-refractivity contribution in [3.8, 4) is 5.75 Å². The van der Waals surface area contributed by atoms with Crippen LogP contribution in [0.25, 0.3) is 10.9 Å². The molecule has 0 fully saturated rings. The summed E-state index contributed by atoms with van der Waals surface area (Å²) in [5.41, 5.74) is 0.848. The minimum atomic E-state index is -0.227. The van der Waals surface area contributed by atoms with Crippen molar-refractivity contribution in [2.24, 2.45) is 0 Å². The van der Waals surface area contributed by atoms with Crippen LogP contribution in [0, 0.1) is 0 Å². The highest BCUT2D eigenvalue weighted by Gasteiger charge is 2.09. The molecule has 0 aliphatic rings. The number of fused-ring (bicyclic) bond motifs is 1. The highest BCUT2D eigenvalue weighted by molar-refractivity contribution is 5.85. The molecule has 1 heterocycles. The van der Waals surface area contributed by atoms with E-state index in [0.29, 0.717) is 22.9 Å². The zero-order chi connectivity index (χ0) is 11.5. The van der Waals surface area contributed by atoms with Gasteiger partial charge in [-0.3, -0.25) is 4.79 Å². The molecule has 0 amide bonds. The number of pyridine rings is 1. The Hall–Kier alpha value is -2.03. The van der Waals surface area contributed by atoms with Crippen molar-refractivity contribution in [3.05, 3.63) is 52.3 Å². The first-order chi connectivity index (χ1) is 7.74. The van der Waals surface area contributed by atoms with Gasteiger partial charge in [0.25, 0.3) is 5.56 Å². The first-order valence-corrected chi connectivity index (χ1v) is 5.18. The summed E-state index contributed by atoms with van der Waals surface area (Å²) in [6.45, 7) is 1.88. The predicted octanol–water partition coefficient (Wildman–Crippen LogP) is 2.35. The Morgan fingerprint density at radius 1 is 1.38 bits per heavy atom. The van der Waals surface area contributed by atoms with Gasteiger partial charge in [-0.05, 0) is 25.5 Å². The third kappa shape index (κ3) is 1.72. The molecule has 2 N–H and O–H groups in total. The molecule has 0 saturated heterocycles. The number of rotatable bonds is 2. The molecule has 3 nitrogen and oxygen atoms in total. The number of hydrogen-bond acceptors (Lipinski definition) is 2. The number of aromatic hydroxyl groups is 1. The quantitative estimate of drug-likeness (QED) is 0.755. The van der Waals surface area contributed by atoms with E-state index in [4.69, 9.17) is 0 Å². The molecule has 82 valence electrons. The van der Waals surface area contributed by atoms with E-state index in [1.165, 1.54) is 0 Å². The number of allylic oxidation sites excluding steroid dienone is 2. The normalized spacial score (nSPS) is 11.3. The number of nitrogens with one attached hydrogen (secondary N) is 1. The van der Waals surface area contributed by atoms with Gasteiger partial charge in [0.1, 0.15) is 5.75 Å². The molecule has 0 saturated carbocycles. The fraction of sp³-hybridized carbons (Fsp3) is 0.154. The molecule has 0 spiro atoms. The third-order valence-electron chi connectivity index (χ3n) is 2.55. The lowest BCUT2D eigenvalue weighted by Gasteiger charge is -2.05. The Bertz CT molecular complexity index is 596. The highest BCUT2D eigenvalue weighted by Crippen LogP contribution is 2.24. The summed E-state index contributed by atoms with van der Waals surface area (Å²) in [4.78, 5) is 14.5. The van der Waals surface area contributed by atoms with E-state index in [9.17, 15) is 9.90 Å². The molecule has 0 atom stereocenters. The van der Waals surface area contributed by atoms with Crippen molar-refractivity contribution >= 4 is 10.9 Å². The van der Waals surface area contributed by atoms with Crippen molar-refractivity contribution in [2.75, 3.05) is 0 Å². The predicted molar refractivity (Wildman–Crippen MR) is 64.8 cm³/mol. The second-order valence-corrected chi connectivity index (χ2v) is 3.60. The molecule has 2 rings (SSSR count). The zero-order valence-corrected chi connectivity index (χ0v) is 9.03.